The van der Waals surface area contributed by atoms with Crippen molar-refractivity contribution in [1.82, 2.24) is 9.97 Å². The van der Waals surface area contributed by atoms with Crippen LogP contribution in [0.2, 0.25) is 4.34 Å². The normalized spacial score (nSPS) is 15.6. The molecule has 112 valence electrons. The van der Waals surface area contributed by atoms with Crippen LogP contribution in [0.15, 0.2) is 12.1 Å². The van der Waals surface area contributed by atoms with Crippen LogP contribution in [-0.4, -0.2) is 21.6 Å². The van der Waals surface area contributed by atoms with Gasteiger partial charge in [-0.2, -0.15) is 0 Å². The molecule has 0 bridgehead atoms. The van der Waals surface area contributed by atoms with E-state index in [1.54, 1.807) is 0 Å². The van der Waals surface area contributed by atoms with Crippen LogP contribution in [-0.2, 0) is 12.8 Å². The van der Waals surface area contributed by atoms with Crippen LogP contribution in [0.25, 0.3) is 0 Å². The monoisotopic (exact) mass is 323 g/mol. The van der Waals surface area contributed by atoms with Crippen LogP contribution in [0, 0.1) is 6.92 Å². The number of nitrogens with one attached hydrogen (secondary N) is 1. The first-order valence-electron chi connectivity index (χ1n) is 7.17. The van der Waals surface area contributed by atoms with Crippen molar-refractivity contribution in [3.63, 3.8) is 0 Å². The van der Waals surface area contributed by atoms with Gasteiger partial charge in [0.2, 0.25) is 0 Å². The molecule has 1 aliphatic carbocycles. The van der Waals surface area contributed by atoms with E-state index in [0.29, 0.717) is 10.9 Å². The Kier molecular flexibility index (Phi) is 4.42. The number of halogens is 1. The molecule has 2 N–H and O–H groups in total. The molecule has 21 heavy (non-hydrogen) atoms. The third-order valence-electron chi connectivity index (χ3n) is 3.68. The van der Waals surface area contributed by atoms with Gasteiger partial charge in [-0.25, -0.2) is 9.97 Å². The van der Waals surface area contributed by atoms with Gasteiger partial charge in [0.15, 0.2) is 0 Å². The van der Waals surface area contributed by atoms with Gasteiger partial charge in [0.25, 0.3) is 0 Å². The van der Waals surface area contributed by atoms with Crippen LogP contribution < -0.4 is 5.32 Å². The molecule has 0 radical (unpaired) electrons. The van der Waals surface area contributed by atoms with Crippen molar-refractivity contribution in [2.45, 2.75) is 38.7 Å². The molecule has 0 fully saturated rings. The van der Waals surface area contributed by atoms with Crippen molar-refractivity contribution in [2.24, 2.45) is 0 Å². The minimum Gasteiger partial charge on any atom is -0.386 e. The predicted octanol–water partition coefficient (Wildman–Crippen LogP) is 3.52. The minimum absolute atomic E-state index is 0.430. The first-order chi connectivity index (χ1) is 10.1. The Morgan fingerprint density at radius 1 is 1.33 bits per heavy atom. The maximum Gasteiger partial charge on any atom is 0.133 e. The molecule has 0 saturated carbocycles. The van der Waals surface area contributed by atoms with Gasteiger partial charge in [0.1, 0.15) is 17.7 Å². The van der Waals surface area contributed by atoms with E-state index in [2.05, 4.69) is 15.3 Å². The average Bonchev–Trinajstić information content (AvgIpc) is 2.91. The molecule has 3 rings (SSSR count). The number of aliphatic hydroxyl groups is 1. The highest BCUT2D eigenvalue weighted by Crippen LogP contribution is 2.29. The molecule has 6 heteroatoms. The first kappa shape index (κ1) is 14.8. The smallest absolute Gasteiger partial charge is 0.133 e. The lowest BCUT2D eigenvalue weighted by molar-refractivity contribution is 0.195. The first-order valence-corrected chi connectivity index (χ1v) is 8.36. The molecule has 1 unspecified atom stereocenters. The lowest BCUT2D eigenvalue weighted by Gasteiger charge is -2.20. The van der Waals surface area contributed by atoms with E-state index in [4.69, 9.17) is 11.6 Å². The highest BCUT2D eigenvalue weighted by atomic mass is 35.5. The van der Waals surface area contributed by atoms with Crippen molar-refractivity contribution >= 4 is 28.8 Å². The maximum absolute atomic E-state index is 10.2. The fourth-order valence-corrected chi connectivity index (χ4v) is 3.71. The number of thiophene rings is 1. The maximum atomic E-state index is 10.2. The van der Waals surface area contributed by atoms with Crippen LogP contribution in [0.5, 0.6) is 0 Å². The van der Waals surface area contributed by atoms with Crippen LogP contribution in [0.1, 0.15) is 40.9 Å². The minimum atomic E-state index is -0.572. The van der Waals surface area contributed by atoms with Crippen LogP contribution in [0.3, 0.4) is 0 Å². The summed E-state index contributed by atoms with van der Waals surface area (Å²) >= 11 is 7.31. The summed E-state index contributed by atoms with van der Waals surface area (Å²) < 4.78 is 0.694. The Hall–Kier alpha value is -1.17. The molecular formula is C15H18ClN3OS. The second-order valence-corrected chi connectivity index (χ2v) is 7.04. The number of nitrogens with zero attached hydrogens (tertiary/aromatic N) is 2. The van der Waals surface area contributed by atoms with Crippen LogP contribution in [0.4, 0.5) is 5.82 Å². The fourth-order valence-electron chi connectivity index (χ4n) is 2.66. The third kappa shape index (κ3) is 3.36. The molecule has 4 nitrogen and oxygen atoms in total. The van der Waals surface area contributed by atoms with Crippen molar-refractivity contribution in [1.29, 1.82) is 0 Å². The lowest BCUT2D eigenvalue weighted by atomic mass is 9.96. The Morgan fingerprint density at radius 2 is 2.14 bits per heavy atom. The van der Waals surface area contributed by atoms with E-state index in [1.165, 1.54) is 29.7 Å². The number of hydrogen-bond acceptors (Lipinski definition) is 5. The second-order valence-electron chi connectivity index (χ2n) is 5.29. The standard InChI is InChI=1S/C15H18ClN3OS/c1-9-18-11-5-3-2-4-10(11)15(19-9)17-8-12(20)13-6-7-14(16)21-13/h6-7,12,20H,2-5,8H2,1H3,(H,17,18,19). The fraction of sp³-hybridized carbons (Fsp3) is 0.467. The highest BCUT2D eigenvalue weighted by molar-refractivity contribution is 7.16. The third-order valence-corrected chi connectivity index (χ3v) is 5.01. The van der Waals surface area contributed by atoms with Gasteiger partial charge in [-0.3, -0.25) is 0 Å². The summed E-state index contributed by atoms with van der Waals surface area (Å²) in [5, 5.41) is 13.5. The van der Waals surface area contributed by atoms with Gasteiger partial charge in [-0.1, -0.05) is 11.6 Å². The van der Waals surface area contributed by atoms with Gasteiger partial charge >= 0.3 is 0 Å². The molecular weight excluding hydrogens is 306 g/mol. The van der Waals surface area contributed by atoms with Crippen molar-refractivity contribution in [3.05, 3.63) is 38.4 Å². The molecule has 1 atom stereocenters. The van der Waals surface area contributed by atoms with Gasteiger partial charge < -0.3 is 10.4 Å². The number of aryl methyl sites for hydroxylation is 2. The second kappa shape index (κ2) is 6.30. The van der Waals surface area contributed by atoms with E-state index in [1.807, 2.05) is 19.1 Å². The quantitative estimate of drug-likeness (QED) is 0.903. The van der Waals surface area contributed by atoms with Gasteiger partial charge in [0.05, 0.1) is 4.34 Å². The molecule has 0 aromatic carbocycles. The van der Waals surface area contributed by atoms with E-state index in [9.17, 15) is 5.11 Å². The van der Waals surface area contributed by atoms with Gasteiger partial charge in [-0.05, 0) is 44.7 Å². The Labute approximate surface area is 133 Å². The van der Waals surface area contributed by atoms with Crippen molar-refractivity contribution in [2.75, 3.05) is 11.9 Å². The van der Waals surface area contributed by atoms with E-state index in [-0.39, 0.29) is 0 Å². The zero-order valence-corrected chi connectivity index (χ0v) is 13.5. The predicted molar refractivity (Wildman–Crippen MR) is 86.2 cm³/mol. The molecule has 0 spiro atoms. The Balaban J connectivity index is 1.74. The van der Waals surface area contributed by atoms with Crippen molar-refractivity contribution < 1.29 is 5.11 Å². The molecule has 2 heterocycles. The zero-order chi connectivity index (χ0) is 14.8. The summed E-state index contributed by atoms with van der Waals surface area (Å²) in [5.41, 5.74) is 2.37. The summed E-state index contributed by atoms with van der Waals surface area (Å²) in [4.78, 5) is 9.90. The number of aromatic nitrogens is 2. The van der Waals surface area contributed by atoms with Gasteiger partial charge in [0, 0.05) is 22.7 Å². The highest BCUT2D eigenvalue weighted by Gasteiger charge is 2.18. The molecule has 0 amide bonds. The number of hydrogen-bond donors (Lipinski definition) is 2. The topological polar surface area (TPSA) is 58.0 Å². The summed E-state index contributed by atoms with van der Waals surface area (Å²) in [6.45, 7) is 2.34. The lowest BCUT2D eigenvalue weighted by Crippen LogP contribution is -2.17. The Bertz CT molecular complexity index is 644. The van der Waals surface area contributed by atoms with E-state index >= 15 is 0 Å². The number of aliphatic hydroxyl groups excluding tert-OH is 1. The number of fused-ring (bicyclic) bond motifs is 1. The molecule has 0 saturated heterocycles. The van der Waals surface area contributed by atoms with E-state index in [0.717, 1.165) is 35.1 Å². The molecule has 2 aromatic heterocycles. The molecule has 0 aliphatic heterocycles. The molecule has 2 aromatic rings. The summed E-state index contributed by atoms with van der Waals surface area (Å²) in [6, 6.07) is 3.67. The zero-order valence-electron chi connectivity index (χ0n) is 11.9. The SMILES string of the molecule is Cc1nc2c(c(NCC(O)c3ccc(Cl)s3)n1)CCCC2. The number of rotatable bonds is 4. The summed E-state index contributed by atoms with van der Waals surface area (Å²) in [5.74, 6) is 1.66. The Morgan fingerprint density at radius 3 is 2.90 bits per heavy atom. The largest absolute Gasteiger partial charge is 0.386 e. The average molecular weight is 324 g/mol. The summed E-state index contributed by atoms with van der Waals surface area (Å²) in [7, 11) is 0. The van der Waals surface area contributed by atoms with Crippen molar-refractivity contribution in [3.8, 4) is 0 Å². The van der Waals surface area contributed by atoms with E-state index < -0.39 is 6.10 Å². The van der Waals surface area contributed by atoms with Crippen LogP contribution >= 0.6 is 22.9 Å². The van der Waals surface area contributed by atoms with Gasteiger partial charge in [-0.15, -0.1) is 11.3 Å². The molecule has 1 aliphatic rings. The summed E-state index contributed by atoms with van der Waals surface area (Å²) in [6.07, 6.45) is 3.84. The number of anilines is 1.